The molecule has 0 aliphatic carbocycles. The molecule has 0 spiro atoms. The van der Waals surface area contributed by atoms with Crippen LogP contribution in [0.4, 0.5) is 0 Å². The Bertz CT molecular complexity index is 599. The largest absolute Gasteiger partial charge is 0.338 e. The van der Waals surface area contributed by atoms with Crippen molar-refractivity contribution in [2.75, 3.05) is 13.1 Å². The first-order chi connectivity index (χ1) is 9.32. The third kappa shape index (κ3) is 3.21. The van der Waals surface area contributed by atoms with Gasteiger partial charge in [-0.1, -0.05) is 13.3 Å². The highest BCUT2D eigenvalue weighted by Crippen LogP contribution is 2.28. The van der Waals surface area contributed by atoms with Crippen LogP contribution in [0.15, 0.2) is 11.0 Å². The summed E-state index contributed by atoms with van der Waals surface area (Å²) in [6.45, 7) is 5.34. The lowest BCUT2D eigenvalue weighted by Gasteiger charge is -2.31. The maximum Gasteiger partial charge on any atom is 0.263 e. The van der Waals surface area contributed by atoms with Crippen LogP contribution < -0.4 is 5.14 Å². The van der Waals surface area contributed by atoms with Gasteiger partial charge in [0.15, 0.2) is 0 Å². The minimum absolute atomic E-state index is 0.0642. The lowest BCUT2D eigenvalue weighted by atomic mass is 9.94. The number of piperidine rings is 1. The fraction of sp³-hybridized carbons (Fsp3) is 0.615. The van der Waals surface area contributed by atoms with Crippen LogP contribution in [0, 0.1) is 12.8 Å². The Morgan fingerprint density at radius 3 is 2.50 bits per heavy atom. The third-order valence-electron chi connectivity index (χ3n) is 3.87. The van der Waals surface area contributed by atoms with Crippen LogP contribution in [0.3, 0.4) is 0 Å². The van der Waals surface area contributed by atoms with Crippen LogP contribution in [0.25, 0.3) is 0 Å². The van der Waals surface area contributed by atoms with E-state index in [1.54, 1.807) is 6.92 Å². The van der Waals surface area contributed by atoms with E-state index in [2.05, 4.69) is 6.92 Å². The summed E-state index contributed by atoms with van der Waals surface area (Å²) in [6, 6.07) is 1.41. The smallest absolute Gasteiger partial charge is 0.263 e. The molecule has 20 heavy (non-hydrogen) atoms. The summed E-state index contributed by atoms with van der Waals surface area (Å²) in [7, 11) is -3.75. The van der Waals surface area contributed by atoms with Crippen LogP contribution >= 0.6 is 11.3 Å². The second kappa shape index (κ2) is 5.83. The van der Waals surface area contributed by atoms with E-state index < -0.39 is 10.0 Å². The topological polar surface area (TPSA) is 80.5 Å². The second-order valence-corrected chi connectivity index (χ2v) is 8.01. The van der Waals surface area contributed by atoms with Crippen molar-refractivity contribution in [1.29, 1.82) is 0 Å². The van der Waals surface area contributed by atoms with Crippen molar-refractivity contribution in [3.63, 3.8) is 0 Å². The predicted octanol–water partition coefficient (Wildman–Crippen LogP) is 1.97. The molecule has 0 bridgehead atoms. The van der Waals surface area contributed by atoms with E-state index >= 15 is 0 Å². The lowest BCUT2D eigenvalue weighted by Crippen LogP contribution is -2.38. The maximum atomic E-state index is 12.4. The molecule has 1 fully saturated rings. The van der Waals surface area contributed by atoms with Gasteiger partial charge in [-0.05, 0) is 31.7 Å². The molecule has 1 amide bonds. The SMILES string of the molecule is CCC1CCN(C(=O)c2cc(S(N)(=O)=O)c(C)s2)CC1. The zero-order valence-electron chi connectivity index (χ0n) is 11.8. The number of rotatable bonds is 3. The summed E-state index contributed by atoms with van der Waals surface area (Å²) >= 11 is 1.20. The van der Waals surface area contributed by atoms with Gasteiger partial charge in [0.1, 0.15) is 0 Å². The Hall–Kier alpha value is -0.920. The highest BCUT2D eigenvalue weighted by molar-refractivity contribution is 7.89. The Labute approximate surface area is 123 Å². The number of likely N-dealkylation sites (tertiary alicyclic amines) is 1. The molecular formula is C13H20N2O3S2. The minimum atomic E-state index is -3.75. The molecule has 1 aromatic heterocycles. The van der Waals surface area contributed by atoms with E-state index in [1.807, 2.05) is 4.90 Å². The molecular weight excluding hydrogens is 296 g/mol. The van der Waals surface area contributed by atoms with Gasteiger partial charge < -0.3 is 4.90 Å². The second-order valence-electron chi connectivity index (χ2n) is 5.22. The fourth-order valence-electron chi connectivity index (χ4n) is 2.55. The molecule has 7 heteroatoms. The third-order valence-corrected chi connectivity index (χ3v) is 6.07. The quantitative estimate of drug-likeness (QED) is 0.925. The molecule has 112 valence electrons. The number of hydrogen-bond donors (Lipinski definition) is 1. The van der Waals surface area contributed by atoms with Crippen LogP contribution in [-0.2, 0) is 10.0 Å². The number of sulfonamides is 1. The molecule has 0 aromatic carbocycles. The average Bonchev–Trinajstić information content (AvgIpc) is 2.80. The number of aryl methyl sites for hydroxylation is 1. The van der Waals surface area contributed by atoms with Gasteiger partial charge in [0.25, 0.3) is 5.91 Å². The van der Waals surface area contributed by atoms with Crippen LogP contribution in [0.1, 0.15) is 40.7 Å². The molecule has 2 rings (SSSR count). The summed E-state index contributed by atoms with van der Waals surface area (Å²) in [5.41, 5.74) is 0. The first-order valence-electron chi connectivity index (χ1n) is 6.75. The van der Waals surface area contributed by atoms with Crippen molar-refractivity contribution in [3.8, 4) is 0 Å². The molecule has 1 aliphatic heterocycles. The number of nitrogens with zero attached hydrogens (tertiary/aromatic N) is 1. The summed E-state index contributed by atoms with van der Waals surface area (Å²) in [5, 5.41) is 5.14. The summed E-state index contributed by atoms with van der Waals surface area (Å²) in [4.78, 5) is 15.3. The van der Waals surface area contributed by atoms with E-state index in [0.717, 1.165) is 32.4 Å². The minimum Gasteiger partial charge on any atom is -0.338 e. The Morgan fingerprint density at radius 1 is 1.45 bits per heavy atom. The zero-order valence-corrected chi connectivity index (χ0v) is 13.4. The van der Waals surface area contributed by atoms with E-state index in [4.69, 9.17) is 5.14 Å². The molecule has 1 saturated heterocycles. The van der Waals surface area contributed by atoms with Gasteiger partial charge in [0.2, 0.25) is 10.0 Å². The van der Waals surface area contributed by atoms with Gasteiger partial charge in [-0.3, -0.25) is 4.79 Å². The van der Waals surface area contributed by atoms with Gasteiger partial charge >= 0.3 is 0 Å². The van der Waals surface area contributed by atoms with Crippen molar-refractivity contribution in [3.05, 3.63) is 15.8 Å². The molecule has 0 saturated carbocycles. The highest BCUT2D eigenvalue weighted by Gasteiger charge is 2.26. The molecule has 0 radical (unpaired) electrons. The summed E-state index contributed by atoms with van der Waals surface area (Å²) < 4.78 is 22.8. The number of nitrogens with two attached hydrogens (primary N) is 1. The lowest BCUT2D eigenvalue weighted by molar-refractivity contribution is 0.0693. The fourth-order valence-corrected chi connectivity index (χ4v) is 4.67. The first-order valence-corrected chi connectivity index (χ1v) is 9.11. The summed E-state index contributed by atoms with van der Waals surface area (Å²) in [6.07, 6.45) is 3.19. The molecule has 2 heterocycles. The molecule has 2 N–H and O–H groups in total. The zero-order chi connectivity index (χ0) is 14.9. The predicted molar refractivity (Wildman–Crippen MR) is 79.3 cm³/mol. The van der Waals surface area contributed by atoms with Crippen LogP contribution in [0.5, 0.6) is 0 Å². The van der Waals surface area contributed by atoms with E-state index in [0.29, 0.717) is 15.7 Å². The number of carbonyl (C=O) groups excluding carboxylic acids is 1. The maximum absolute atomic E-state index is 12.4. The molecule has 0 unspecified atom stereocenters. The van der Waals surface area contributed by atoms with Gasteiger partial charge in [-0.25, -0.2) is 13.6 Å². The summed E-state index contributed by atoms with van der Waals surface area (Å²) in [5.74, 6) is 0.617. The van der Waals surface area contributed by atoms with E-state index in [1.165, 1.54) is 17.4 Å². The van der Waals surface area contributed by atoms with Gasteiger partial charge in [0.05, 0.1) is 9.77 Å². The Balaban J connectivity index is 2.15. The Kier molecular flexibility index (Phi) is 4.51. The standard InChI is InChI=1S/C13H20N2O3S2/c1-3-10-4-6-15(7-5-10)13(16)11-8-12(9(2)19-11)20(14,17)18/h8,10H,3-7H2,1-2H3,(H2,14,17,18). The van der Waals surface area contributed by atoms with Crippen molar-refractivity contribution in [2.24, 2.45) is 11.1 Å². The molecule has 1 aromatic rings. The molecule has 0 atom stereocenters. The van der Waals surface area contributed by atoms with Crippen LogP contribution in [-0.4, -0.2) is 32.3 Å². The number of hydrogen-bond acceptors (Lipinski definition) is 4. The highest BCUT2D eigenvalue weighted by atomic mass is 32.2. The van der Waals surface area contributed by atoms with Crippen molar-refractivity contribution < 1.29 is 13.2 Å². The molecule has 5 nitrogen and oxygen atoms in total. The van der Waals surface area contributed by atoms with Gasteiger partial charge in [-0.2, -0.15) is 0 Å². The van der Waals surface area contributed by atoms with Gasteiger partial charge in [-0.15, -0.1) is 11.3 Å². The number of primary sulfonamides is 1. The van der Waals surface area contributed by atoms with Crippen molar-refractivity contribution in [1.82, 2.24) is 4.90 Å². The average molecular weight is 316 g/mol. The molecule has 1 aliphatic rings. The number of amides is 1. The van der Waals surface area contributed by atoms with Gasteiger partial charge in [0, 0.05) is 18.0 Å². The number of carbonyl (C=O) groups is 1. The van der Waals surface area contributed by atoms with Crippen molar-refractivity contribution in [2.45, 2.75) is 38.0 Å². The normalized spacial score (nSPS) is 17.4. The van der Waals surface area contributed by atoms with Crippen molar-refractivity contribution >= 4 is 27.3 Å². The van der Waals surface area contributed by atoms with Crippen LogP contribution in [0.2, 0.25) is 0 Å². The first kappa shape index (κ1) is 15.5. The number of thiophene rings is 1. The van der Waals surface area contributed by atoms with E-state index in [9.17, 15) is 13.2 Å². The Morgan fingerprint density at radius 2 is 2.05 bits per heavy atom. The van der Waals surface area contributed by atoms with E-state index in [-0.39, 0.29) is 10.8 Å². The monoisotopic (exact) mass is 316 g/mol.